The number of rotatable bonds is 5. The molecule has 0 N–H and O–H groups in total. The van der Waals surface area contributed by atoms with Gasteiger partial charge in [0.15, 0.2) is 7.14 Å². The third-order valence-corrected chi connectivity index (χ3v) is 15.4. The van der Waals surface area contributed by atoms with Gasteiger partial charge in [-0.2, -0.15) is 0 Å². The van der Waals surface area contributed by atoms with Crippen molar-refractivity contribution in [3.05, 3.63) is 212 Å². The molecule has 2 aromatic heterocycles. The highest BCUT2D eigenvalue weighted by Crippen LogP contribution is 2.57. The Balaban J connectivity index is 0.00000201. The number of benzene rings is 9. The molecule has 0 atom stereocenters. The van der Waals surface area contributed by atoms with Gasteiger partial charge in [0.25, 0.3) is 0 Å². The Kier molecular flexibility index (Phi) is 8.55. The normalized spacial score (nSPS) is 12.7. The SMILES string of the molecule is CC.O=P1(c2ccccc2)c2c(-c3ccccc3-n3c4ccccc4c4ccccc43)cccc2-c2cccc(-c3ccccc3-n3c4ccccc4c4ccccc43)c21. The van der Waals surface area contributed by atoms with Gasteiger partial charge in [-0.25, -0.2) is 0 Å². The van der Waals surface area contributed by atoms with Crippen molar-refractivity contribution < 1.29 is 4.57 Å². The molecular weight excluding hydrogens is 748 g/mol. The van der Waals surface area contributed by atoms with Crippen molar-refractivity contribution in [1.82, 2.24) is 9.13 Å². The maximum absolute atomic E-state index is 17.1. The second-order valence-corrected chi connectivity index (χ2v) is 17.8. The molecule has 0 fully saturated rings. The Morgan fingerprint density at radius 3 is 0.967 bits per heavy atom. The molecule has 0 aliphatic carbocycles. The number of hydrogen-bond acceptors (Lipinski definition) is 1. The third kappa shape index (κ3) is 5.13. The Morgan fingerprint density at radius 1 is 0.300 bits per heavy atom. The predicted octanol–water partition coefficient (Wildman–Crippen LogP) is 13.9. The van der Waals surface area contributed by atoms with Gasteiger partial charge < -0.3 is 13.7 Å². The number of aromatic nitrogens is 2. The van der Waals surface area contributed by atoms with Crippen molar-refractivity contribution in [3.63, 3.8) is 0 Å². The lowest BCUT2D eigenvalue weighted by atomic mass is 9.95. The average molecular weight is 789 g/mol. The summed E-state index contributed by atoms with van der Waals surface area (Å²) < 4.78 is 21.8. The Bertz CT molecular complexity index is 3180. The monoisotopic (exact) mass is 788 g/mol. The highest BCUT2D eigenvalue weighted by atomic mass is 31.2. The molecule has 9 aromatic carbocycles. The first kappa shape index (κ1) is 35.9. The molecule has 286 valence electrons. The Morgan fingerprint density at radius 2 is 0.583 bits per heavy atom. The number of nitrogens with zero attached hydrogens (tertiary/aromatic N) is 2. The first-order valence-corrected chi connectivity index (χ1v) is 22.5. The fourth-order valence-electron chi connectivity index (χ4n) is 9.80. The van der Waals surface area contributed by atoms with Gasteiger partial charge >= 0.3 is 0 Å². The lowest BCUT2D eigenvalue weighted by Gasteiger charge is -2.23. The first-order chi connectivity index (χ1) is 29.7. The van der Waals surface area contributed by atoms with Crippen LogP contribution in [0.15, 0.2) is 212 Å². The van der Waals surface area contributed by atoms with Crippen LogP contribution in [-0.4, -0.2) is 9.13 Å². The molecule has 0 bridgehead atoms. The molecule has 0 unspecified atom stereocenters. The van der Waals surface area contributed by atoms with Crippen molar-refractivity contribution in [2.45, 2.75) is 13.8 Å². The second kappa shape index (κ2) is 14.3. The van der Waals surface area contributed by atoms with E-state index in [0.29, 0.717) is 0 Å². The van der Waals surface area contributed by atoms with E-state index in [4.69, 9.17) is 0 Å². The molecule has 4 heteroatoms. The van der Waals surface area contributed by atoms with Crippen LogP contribution in [0.25, 0.3) is 88.4 Å². The van der Waals surface area contributed by atoms with Crippen LogP contribution in [0.4, 0.5) is 0 Å². The van der Waals surface area contributed by atoms with Crippen LogP contribution in [0.5, 0.6) is 0 Å². The van der Waals surface area contributed by atoms with E-state index in [2.05, 4.69) is 203 Å². The zero-order chi connectivity index (χ0) is 40.4. The fraction of sp³-hybridized carbons (Fsp3) is 0.0357. The van der Waals surface area contributed by atoms with Crippen LogP contribution in [0.2, 0.25) is 0 Å². The van der Waals surface area contributed by atoms with Crippen LogP contribution in [0.1, 0.15) is 13.8 Å². The zero-order valence-electron chi connectivity index (χ0n) is 33.5. The molecule has 0 spiro atoms. The van der Waals surface area contributed by atoms with E-state index in [1.165, 1.54) is 21.5 Å². The van der Waals surface area contributed by atoms with Crippen molar-refractivity contribution in [1.29, 1.82) is 0 Å². The molecule has 3 nitrogen and oxygen atoms in total. The minimum atomic E-state index is -3.51. The van der Waals surface area contributed by atoms with Crippen LogP contribution in [0.3, 0.4) is 0 Å². The van der Waals surface area contributed by atoms with Crippen LogP contribution in [0, 0.1) is 0 Å². The molecule has 0 radical (unpaired) electrons. The van der Waals surface area contributed by atoms with Crippen molar-refractivity contribution in [2.24, 2.45) is 0 Å². The maximum Gasteiger partial charge on any atom is 0.173 e. The summed E-state index contributed by atoms with van der Waals surface area (Å²) in [6.07, 6.45) is 0. The summed E-state index contributed by atoms with van der Waals surface area (Å²) in [6, 6.07) is 74.9. The van der Waals surface area contributed by atoms with E-state index in [0.717, 1.165) is 82.7 Å². The van der Waals surface area contributed by atoms with Crippen molar-refractivity contribution in [3.8, 4) is 44.8 Å². The second-order valence-electron chi connectivity index (χ2n) is 15.1. The molecule has 12 rings (SSSR count). The van der Waals surface area contributed by atoms with E-state index in [1.54, 1.807) is 0 Å². The predicted molar refractivity (Wildman–Crippen MR) is 256 cm³/mol. The molecular formula is C56H41N2OP. The first-order valence-electron chi connectivity index (χ1n) is 20.8. The highest BCUT2D eigenvalue weighted by Gasteiger charge is 2.44. The van der Waals surface area contributed by atoms with E-state index in [1.807, 2.05) is 32.0 Å². The van der Waals surface area contributed by atoms with Gasteiger partial charge in [-0.3, -0.25) is 0 Å². The van der Waals surface area contributed by atoms with Gasteiger partial charge in [-0.05, 0) is 58.7 Å². The van der Waals surface area contributed by atoms with Crippen LogP contribution >= 0.6 is 7.14 Å². The summed E-state index contributed by atoms with van der Waals surface area (Å²) >= 11 is 0. The summed E-state index contributed by atoms with van der Waals surface area (Å²) in [5.74, 6) is 0. The zero-order valence-corrected chi connectivity index (χ0v) is 34.4. The summed E-state index contributed by atoms with van der Waals surface area (Å²) in [6.45, 7) is 4.00. The van der Waals surface area contributed by atoms with Gasteiger partial charge in [0.05, 0.1) is 33.4 Å². The van der Waals surface area contributed by atoms with Crippen LogP contribution < -0.4 is 15.9 Å². The van der Waals surface area contributed by atoms with E-state index < -0.39 is 7.14 Å². The Hall–Kier alpha value is -7.19. The smallest absolute Gasteiger partial charge is 0.173 e. The van der Waals surface area contributed by atoms with Crippen molar-refractivity contribution in [2.75, 3.05) is 0 Å². The average Bonchev–Trinajstić information content (AvgIpc) is 3.94. The third-order valence-electron chi connectivity index (χ3n) is 12.1. The quantitative estimate of drug-likeness (QED) is 0.160. The molecule has 3 heterocycles. The highest BCUT2D eigenvalue weighted by molar-refractivity contribution is 7.87. The fourth-order valence-corrected chi connectivity index (χ4v) is 13.3. The van der Waals surface area contributed by atoms with E-state index in [-0.39, 0.29) is 0 Å². The lowest BCUT2D eigenvalue weighted by Crippen LogP contribution is -2.24. The molecule has 0 saturated heterocycles. The summed E-state index contributed by atoms with van der Waals surface area (Å²) in [5.41, 5.74) is 12.8. The maximum atomic E-state index is 17.1. The summed E-state index contributed by atoms with van der Waals surface area (Å²) in [5, 5.41) is 7.46. The number of hydrogen-bond donors (Lipinski definition) is 0. The number of fused-ring (bicyclic) bond motifs is 9. The largest absolute Gasteiger partial charge is 0.309 e. The molecule has 60 heavy (non-hydrogen) atoms. The van der Waals surface area contributed by atoms with E-state index in [9.17, 15) is 0 Å². The van der Waals surface area contributed by atoms with Crippen LogP contribution in [-0.2, 0) is 4.57 Å². The lowest BCUT2D eigenvalue weighted by molar-refractivity contribution is 0.593. The minimum absolute atomic E-state index is 0.832. The summed E-state index contributed by atoms with van der Waals surface area (Å²) in [7, 11) is -3.51. The van der Waals surface area contributed by atoms with Crippen molar-refractivity contribution >= 4 is 66.7 Å². The molecule has 0 saturated carbocycles. The topological polar surface area (TPSA) is 26.9 Å². The van der Waals surface area contributed by atoms with Gasteiger partial charge in [-0.1, -0.05) is 190 Å². The van der Waals surface area contributed by atoms with Gasteiger partial charge in [-0.15, -0.1) is 0 Å². The summed E-state index contributed by atoms with van der Waals surface area (Å²) in [4.78, 5) is 0. The number of para-hydroxylation sites is 6. The minimum Gasteiger partial charge on any atom is -0.309 e. The van der Waals surface area contributed by atoms with Gasteiger partial charge in [0, 0.05) is 48.6 Å². The molecule has 1 aliphatic rings. The van der Waals surface area contributed by atoms with Gasteiger partial charge in [0.2, 0.25) is 0 Å². The van der Waals surface area contributed by atoms with E-state index >= 15 is 4.57 Å². The molecule has 1 aliphatic heterocycles. The standard InChI is InChI=1S/C54H35N2OP.C2H6/c57-58(36-18-2-1-3-19-36)53-43(41-24-8-14-34-51(41)55-47-30-10-4-20-37(47)38-21-5-11-31-48(38)55)26-16-28-45(53)46-29-17-27-44(54(46)58)42-25-9-15-35-52(42)56-49-32-12-6-22-39(49)40-23-7-13-33-50(40)56;1-2/h1-35H;1-2H3. The molecule has 0 amide bonds. The molecule has 11 aromatic rings. The van der Waals surface area contributed by atoms with Gasteiger partial charge in [0.1, 0.15) is 0 Å². The Labute approximate surface area is 349 Å².